The van der Waals surface area contributed by atoms with E-state index in [2.05, 4.69) is 0 Å². The highest BCUT2D eigenvalue weighted by atomic mass is 16.8. The van der Waals surface area contributed by atoms with Crippen LogP contribution in [0.4, 0.5) is 0 Å². The molecule has 30 heavy (non-hydrogen) atoms. The number of rotatable bonds is 5. The van der Waals surface area contributed by atoms with Crippen LogP contribution in [0.15, 0.2) is 30.3 Å². The van der Waals surface area contributed by atoms with Gasteiger partial charge in [0, 0.05) is 32.1 Å². The number of esters is 3. The van der Waals surface area contributed by atoms with E-state index < -0.39 is 41.8 Å². The Bertz CT molecular complexity index is 805. The van der Waals surface area contributed by atoms with Crippen molar-refractivity contribution < 1.29 is 38.1 Å². The largest absolute Gasteiger partial charge is 0.461 e. The standard InChI is InChI=1S/C22H26O8/c1-14(23)28-18-12-22(13-27-20(26)16-8-4-3-5-9-16)11-7-6-10-17(25)19(22)21(30-18)29-15(2)24/h3-5,8-9,18-19,21H,6-7,10-13H2,1-2H3/t18-,19-,21-,22+/m1/s1. The summed E-state index contributed by atoms with van der Waals surface area (Å²) >= 11 is 0. The zero-order valence-electron chi connectivity index (χ0n) is 17.1. The molecule has 0 aromatic heterocycles. The molecule has 1 aromatic rings. The van der Waals surface area contributed by atoms with Crippen molar-refractivity contribution in [3.05, 3.63) is 35.9 Å². The van der Waals surface area contributed by atoms with Gasteiger partial charge in [-0.1, -0.05) is 24.6 Å². The minimum absolute atomic E-state index is 0.0734. The number of ether oxygens (including phenoxy) is 4. The van der Waals surface area contributed by atoms with Crippen molar-refractivity contribution in [3.63, 3.8) is 0 Å². The Morgan fingerprint density at radius 2 is 1.77 bits per heavy atom. The highest BCUT2D eigenvalue weighted by Gasteiger charge is 2.56. The SMILES string of the molecule is CC(=O)O[C@H]1C[C@]2(COC(=O)c3ccccc3)CCCCC(=O)[C@@H]2[C@H](OC(C)=O)O1. The lowest BCUT2D eigenvalue weighted by molar-refractivity contribution is -0.296. The Hall–Kier alpha value is -2.74. The van der Waals surface area contributed by atoms with E-state index in [-0.39, 0.29) is 18.8 Å². The second-order valence-electron chi connectivity index (χ2n) is 7.81. The van der Waals surface area contributed by atoms with Crippen LogP contribution >= 0.6 is 0 Å². The summed E-state index contributed by atoms with van der Waals surface area (Å²) in [6.45, 7) is 2.39. The first kappa shape index (κ1) is 22.0. The summed E-state index contributed by atoms with van der Waals surface area (Å²) in [5.74, 6) is -2.61. The third kappa shape index (κ3) is 5.05. The smallest absolute Gasteiger partial charge is 0.338 e. The molecule has 1 saturated heterocycles. The van der Waals surface area contributed by atoms with Crippen LogP contribution < -0.4 is 0 Å². The second-order valence-corrected chi connectivity index (χ2v) is 7.81. The van der Waals surface area contributed by atoms with Crippen LogP contribution in [0.2, 0.25) is 0 Å². The number of fused-ring (bicyclic) bond motifs is 1. The third-order valence-electron chi connectivity index (χ3n) is 5.57. The number of ketones is 1. The molecule has 162 valence electrons. The molecule has 8 nitrogen and oxygen atoms in total. The zero-order chi connectivity index (χ0) is 21.7. The van der Waals surface area contributed by atoms with Gasteiger partial charge in [-0.3, -0.25) is 14.4 Å². The van der Waals surface area contributed by atoms with Gasteiger partial charge >= 0.3 is 17.9 Å². The molecule has 0 unspecified atom stereocenters. The van der Waals surface area contributed by atoms with Crippen LogP contribution in [0.5, 0.6) is 0 Å². The summed E-state index contributed by atoms with van der Waals surface area (Å²) in [5, 5.41) is 0. The molecule has 4 atom stereocenters. The van der Waals surface area contributed by atoms with Gasteiger partial charge in [0.05, 0.1) is 18.1 Å². The second kappa shape index (κ2) is 9.38. The molecule has 1 saturated carbocycles. The van der Waals surface area contributed by atoms with E-state index in [9.17, 15) is 19.2 Å². The Morgan fingerprint density at radius 1 is 1.07 bits per heavy atom. The number of carbonyl (C=O) groups is 4. The van der Waals surface area contributed by atoms with Crippen LogP contribution in [0.25, 0.3) is 0 Å². The molecule has 1 aliphatic carbocycles. The van der Waals surface area contributed by atoms with Gasteiger partial charge in [0.2, 0.25) is 12.6 Å². The highest BCUT2D eigenvalue weighted by Crippen LogP contribution is 2.49. The fourth-order valence-corrected chi connectivity index (χ4v) is 4.31. The van der Waals surface area contributed by atoms with Crippen LogP contribution in [-0.2, 0) is 33.3 Å². The van der Waals surface area contributed by atoms with Gasteiger partial charge in [0.15, 0.2) is 0 Å². The average molecular weight is 418 g/mol. The molecule has 0 spiro atoms. The quantitative estimate of drug-likeness (QED) is 0.531. The molecule has 2 fully saturated rings. The van der Waals surface area contributed by atoms with E-state index in [4.69, 9.17) is 18.9 Å². The Kier molecular flexibility index (Phi) is 6.87. The van der Waals surface area contributed by atoms with Gasteiger partial charge in [-0.25, -0.2) is 4.79 Å². The fourth-order valence-electron chi connectivity index (χ4n) is 4.31. The highest BCUT2D eigenvalue weighted by molar-refractivity contribution is 5.89. The van der Waals surface area contributed by atoms with Gasteiger partial charge in [-0.2, -0.15) is 0 Å². The van der Waals surface area contributed by atoms with Crippen molar-refractivity contribution in [3.8, 4) is 0 Å². The Labute approximate surface area is 174 Å². The number of hydrogen-bond acceptors (Lipinski definition) is 8. The Morgan fingerprint density at radius 3 is 2.43 bits per heavy atom. The van der Waals surface area contributed by atoms with Gasteiger partial charge in [-0.05, 0) is 25.0 Å². The van der Waals surface area contributed by atoms with Crippen LogP contribution in [0.3, 0.4) is 0 Å². The summed E-state index contributed by atoms with van der Waals surface area (Å²) in [5.41, 5.74) is -0.471. The molecule has 2 aliphatic rings. The summed E-state index contributed by atoms with van der Waals surface area (Å²) in [4.78, 5) is 48.7. The van der Waals surface area contributed by atoms with E-state index in [1.807, 2.05) is 0 Å². The molecule has 0 N–H and O–H groups in total. The van der Waals surface area contributed by atoms with Crippen molar-refractivity contribution in [1.82, 2.24) is 0 Å². The number of carbonyl (C=O) groups excluding carboxylic acids is 4. The monoisotopic (exact) mass is 418 g/mol. The van der Waals surface area contributed by atoms with E-state index in [0.29, 0.717) is 24.8 Å². The lowest BCUT2D eigenvalue weighted by atomic mass is 9.67. The van der Waals surface area contributed by atoms with Gasteiger partial charge in [0.25, 0.3) is 0 Å². The normalized spacial score (nSPS) is 28.6. The molecular formula is C22H26O8. The van der Waals surface area contributed by atoms with Crippen molar-refractivity contribution in [2.24, 2.45) is 11.3 Å². The van der Waals surface area contributed by atoms with Crippen molar-refractivity contribution in [2.45, 2.75) is 58.5 Å². The van der Waals surface area contributed by atoms with Gasteiger partial charge in [0.1, 0.15) is 5.78 Å². The van der Waals surface area contributed by atoms with E-state index >= 15 is 0 Å². The predicted octanol–water partition coefficient (Wildman–Crippen LogP) is 2.79. The summed E-state index contributed by atoms with van der Waals surface area (Å²) in [6.07, 6.45) is 0.219. The molecule has 8 heteroatoms. The van der Waals surface area contributed by atoms with Crippen LogP contribution in [-0.4, -0.2) is 42.9 Å². The molecular weight excluding hydrogens is 392 g/mol. The maximum Gasteiger partial charge on any atom is 0.338 e. The van der Waals surface area contributed by atoms with Crippen molar-refractivity contribution in [1.29, 1.82) is 0 Å². The fraction of sp³-hybridized carbons (Fsp3) is 0.545. The molecule has 3 rings (SSSR count). The average Bonchev–Trinajstić information content (AvgIpc) is 2.85. The maximum absolute atomic E-state index is 13.0. The third-order valence-corrected chi connectivity index (χ3v) is 5.57. The Balaban J connectivity index is 1.90. The lowest BCUT2D eigenvalue weighted by Crippen LogP contribution is -2.55. The lowest BCUT2D eigenvalue weighted by Gasteiger charge is -2.47. The molecule has 0 radical (unpaired) electrons. The number of Topliss-reactive ketones (excluding diaryl/α,β-unsaturated/α-hetero) is 1. The molecule has 1 aliphatic heterocycles. The number of benzene rings is 1. The van der Waals surface area contributed by atoms with Crippen molar-refractivity contribution in [2.75, 3.05) is 6.61 Å². The van der Waals surface area contributed by atoms with Crippen LogP contribution in [0, 0.1) is 11.3 Å². The van der Waals surface area contributed by atoms with E-state index in [1.165, 1.54) is 13.8 Å². The van der Waals surface area contributed by atoms with E-state index in [0.717, 1.165) is 6.42 Å². The molecule has 0 amide bonds. The molecule has 0 bridgehead atoms. The maximum atomic E-state index is 13.0. The minimum atomic E-state index is -1.21. The summed E-state index contributed by atoms with van der Waals surface area (Å²) in [7, 11) is 0. The first-order chi connectivity index (χ1) is 14.3. The van der Waals surface area contributed by atoms with Crippen molar-refractivity contribution >= 4 is 23.7 Å². The van der Waals surface area contributed by atoms with Gasteiger partial charge < -0.3 is 18.9 Å². The topological polar surface area (TPSA) is 105 Å². The molecule has 1 aromatic carbocycles. The predicted molar refractivity (Wildman–Crippen MR) is 103 cm³/mol. The first-order valence-electron chi connectivity index (χ1n) is 10.1. The minimum Gasteiger partial charge on any atom is -0.461 e. The number of hydrogen-bond donors (Lipinski definition) is 0. The zero-order valence-corrected chi connectivity index (χ0v) is 17.1. The van der Waals surface area contributed by atoms with Crippen LogP contribution in [0.1, 0.15) is 56.3 Å². The van der Waals surface area contributed by atoms with E-state index in [1.54, 1.807) is 30.3 Å². The summed E-state index contributed by atoms with van der Waals surface area (Å²) in [6, 6.07) is 8.54. The summed E-state index contributed by atoms with van der Waals surface area (Å²) < 4.78 is 21.8. The molecule has 1 heterocycles. The first-order valence-corrected chi connectivity index (χ1v) is 10.1. The van der Waals surface area contributed by atoms with Gasteiger partial charge in [-0.15, -0.1) is 0 Å².